The highest BCUT2D eigenvalue weighted by Crippen LogP contribution is 2.45. The Morgan fingerprint density at radius 3 is 2.50 bits per heavy atom. The fourth-order valence-corrected chi connectivity index (χ4v) is 3.21. The minimum absolute atomic E-state index is 0.103. The van der Waals surface area contributed by atoms with Crippen molar-refractivity contribution in [1.29, 1.82) is 0 Å². The lowest BCUT2D eigenvalue weighted by Crippen LogP contribution is -2.12. The Balaban J connectivity index is 2.06. The summed E-state index contributed by atoms with van der Waals surface area (Å²) in [5.41, 5.74) is 3.27. The first kappa shape index (κ1) is 11.9. The Kier molecular flexibility index (Phi) is 2.26. The van der Waals surface area contributed by atoms with Gasteiger partial charge < -0.3 is 4.42 Å². The van der Waals surface area contributed by atoms with Gasteiger partial charge in [-0.3, -0.25) is 4.79 Å². The summed E-state index contributed by atoms with van der Waals surface area (Å²) in [5, 5.41) is 1.62. The third kappa shape index (κ3) is 1.56. The molecule has 1 saturated carbocycles. The summed E-state index contributed by atoms with van der Waals surface area (Å²) in [7, 11) is 0. The van der Waals surface area contributed by atoms with Gasteiger partial charge in [-0.05, 0) is 30.9 Å². The number of nitrogens with zero attached hydrogens (tertiary/aromatic N) is 1. The average Bonchev–Trinajstić information content (AvgIpc) is 3.39. The molecule has 3 aliphatic rings. The second-order valence-corrected chi connectivity index (χ2v) is 5.92. The van der Waals surface area contributed by atoms with E-state index in [0.29, 0.717) is 11.7 Å². The van der Waals surface area contributed by atoms with Gasteiger partial charge in [-0.1, -0.05) is 36.4 Å². The van der Waals surface area contributed by atoms with Crippen molar-refractivity contribution in [3.63, 3.8) is 0 Å². The molecule has 5 rings (SSSR count). The third-order valence-corrected chi connectivity index (χ3v) is 4.43. The van der Waals surface area contributed by atoms with Crippen molar-refractivity contribution in [3.8, 4) is 11.5 Å². The molecule has 0 amide bonds. The van der Waals surface area contributed by atoms with Gasteiger partial charge in [0.25, 0.3) is 0 Å². The van der Waals surface area contributed by atoms with Gasteiger partial charge in [-0.2, -0.15) is 0 Å². The van der Waals surface area contributed by atoms with Crippen LogP contribution in [0.5, 0.6) is 0 Å². The smallest absolute Gasteiger partial charge is 0.193 e. The molecule has 3 nitrogen and oxygen atoms in total. The summed E-state index contributed by atoms with van der Waals surface area (Å²) < 4.78 is 6.11. The number of para-hydroxylation sites is 2. The van der Waals surface area contributed by atoms with E-state index in [1.54, 1.807) is 0 Å². The molecule has 0 aromatic heterocycles. The van der Waals surface area contributed by atoms with E-state index in [9.17, 15) is 4.79 Å². The molecular weight excluding hydrogens is 274 g/mol. The first-order valence-electron chi connectivity index (χ1n) is 7.57. The molecule has 2 aromatic rings. The Labute approximate surface area is 126 Å². The van der Waals surface area contributed by atoms with Crippen LogP contribution in [0.15, 0.2) is 57.7 Å². The van der Waals surface area contributed by atoms with Gasteiger partial charge in [-0.15, -0.1) is 0 Å². The van der Waals surface area contributed by atoms with Crippen molar-refractivity contribution in [2.45, 2.75) is 18.8 Å². The van der Waals surface area contributed by atoms with Crippen LogP contribution in [0.1, 0.15) is 24.3 Å². The summed E-state index contributed by atoms with van der Waals surface area (Å²) in [4.78, 5) is 17.7. The molecule has 22 heavy (non-hydrogen) atoms. The van der Waals surface area contributed by atoms with Crippen LogP contribution in [-0.4, -0.2) is 4.98 Å². The summed E-state index contributed by atoms with van der Waals surface area (Å²) in [5.74, 6) is 0.996. The zero-order valence-corrected chi connectivity index (χ0v) is 11.9. The first-order chi connectivity index (χ1) is 10.8. The predicted molar refractivity (Wildman–Crippen MR) is 86.4 cm³/mol. The molecule has 0 unspecified atom stereocenters. The highest BCUT2D eigenvalue weighted by atomic mass is 16.3. The lowest BCUT2D eigenvalue weighted by atomic mass is 9.97. The number of rotatable bonds is 1. The van der Waals surface area contributed by atoms with E-state index in [-0.39, 0.29) is 5.43 Å². The maximum atomic E-state index is 12.9. The SMILES string of the molecule is O=c1c(C2CC2)c2oc3ccccc3nc-2c2ccccc12. The molecule has 3 heteroatoms. The molecule has 106 valence electrons. The third-order valence-electron chi connectivity index (χ3n) is 4.43. The second kappa shape index (κ2) is 4.17. The number of aromatic nitrogens is 1. The Hall–Kier alpha value is -2.68. The van der Waals surface area contributed by atoms with Crippen LogP contribution in [0, 0.1) is 0 Å². The van der Waals surface area contributed by atoms with Crippen LogP contribution >= 0.6 is 0 Å². The van der Waals surface area contributed by atoms with Gasteiger partial charge in [0, 0.05) is 16.3 Å². The summed E-state index contributed by atoms with van der Waals surface area (Å²) in [6.07, 6.45) is 2.12. The van der Waals surface area contributed by atoms with Gasteiger partial charge >= 0.3 is 0 Å². The fraction of sp³-hybridized carbons (Fsp3) is 0.158. The van der Waals surface area contributed by atoms with Crippen LogP contribution in [0.4, 0.5) is 0 Å². The molecule has 0 bridgehead atoms. The summed E-state index contributed by atoms with van der Waals surface area (Å²) in [6.45, 7) is 0. The molecule has 0 spiro atoms. The zero-order chi connectivity index (χ0) is 14.7. The van der Waals surface area contributed by atoms with Crippen LogP contribution in [0.3, 0.4) is 0 Å². The molecular formula is C19H13NO2. The quantitative estimate of drug-likeness (QED) is 0.387. The van der Waals surface area contributed by atoms with Gasteiger partial charge in [0.1, 0.15) is 11.2 Å². The monoisotopic (exact) mass is 287 g/mol. The van der Waals surface area contributed by atoms with E-state index in [1.165, 1.54) is 0 Å². The fourth-order valence-electron chi connectivity index (χ4n) is 3.21. The van der Waals surface area contributed by atoms with Crippen molar-refractivity contribution in [3.05, 3.63) is 64.3 Å². The minimum Gasteiger partial charge on any atom is -0.452 e. The van der Waals surface area contributed by atoms with Gasteiger partial charge in [0.05, 0.1) is 0 Å². The maximum Gasteiger partial charge on any atom is 0.193 e. The summed E-state index contributed by atoms with van der Waals surface area (Å²) >= 11 is 0. The van der Waals surface area contributed by atoms with E-state index >= 15 is 0 Å². The number of hydrogen-bond donors (Lipinski definition) is 0. The lowest BCUT2D eigenvalue weighted by Gasteiger charge is -2.13. The largest absolute Gasteiger partial charge is 0.452 e. The van der Waals surface area contributed by atoms with E-state index < -0.39 is 0 Å². The van der Waals surface area contributed by atoms with Crippen molar-refractivity contribution in [2.24, 2.45) is 0 Å². The zero-order valence-electron chi connectivity index (χ0n) is 11.9. The molecule has 0 atom stereocenters. The van der Waals surface area contributed by atoms with E-state index in [0.717, 1.165) is 46.0 Å². The normalized spacial score (nSPS) is 14.9. The average molecular weight is 287 g/mol. The summed E-state index contributed by atoms with van der Waals surface area (Å²) in [6, 6.07) is 15.4. The molecule has 2 aliphatic carbocycles. The highest BCUT2D eigenvalue weighted by Gasteiger charge is 2.33. The van der Waals surface area contributed by atoms with Crippen LogP contribution in [0.2, 0.25) is 0 Å². The molecule has 2 aromatic carbocycles. The molecule has 0 N–H and O–H groups in total. The molecule has 0 saturated heterocycles. The topological polar surface area (TPSA) is 43.1 Å². The number of hydrogen-bond acceptors (Lipinski definition) is 3. The number of benzene rings is 3. The molecule has 1 fully saturated rings. The van der Waals surface area contributed by atoms with E-state index in [2.05, 4.69) is 0 Å². The maximum absolute atomic E-state index is 12.9. The number of fused-ring (bicyclic) bond motifs is 4. The standard InChI is InChI=1S/C19H13NO2/c21-18-13-6-2-1-5-12(13)17-19(16(18)11-9-10-11)22-15-8-4-3-7-14(15)20-17/h1-8,11H,9-10H2. The Morgan fingerprint density at radius 1 is 0.955 bits per heavy atom. The Bertz CT molecular complexity index is 1060. The van der Waals surface area contributed by atoms with Crippen LogP contribution in [-0.2, 0) is 0 Å². The van der Waals surface area contributed by atoms with Crippen molar-refractivity contribution in [1.82, 2.24) is 4.98 Å². The van der Waals surface area contributed by atoms with Crippen LogP contribution in [0.25, 0.3) is 33.3 Å². The van der Waals surface area contributed by atoms with Gasteiger partial charge in [0.15, 0.2) is 16.8 Å². The molecule has 1 aliphatic heterocycles. The first-order valence-corrected chi connectivity index (χ1v) is 7.57. The molecule has 0 radical (unpaired) electrons. The predicted octanol–water partition coefficient (Wildman–Crippen LogP) is 4.32. The lowest BCUT2D eigenvalue weighted by molar-refractivity contribution is 0.606. The van der Waals surface area contributed by atoms with Crippen LogP contribution < -0.4 is 5.43 Å². The highest BCUT2D eigenvalue weighted by molar-refractivity contribution is 5.98. The van der Waals surface area contributed by atoms with E-state index in [4.69, 9.17) is 9.40 Å². The van der Waals surface area contributed by atoms with Gasteiger partial charge in [-0.25, -0.2) is 4.98 Å². The van der Waals surface area contributed by atoms with Crippen molar-refractivity contribution >= 4 is 21.9 Å². The van der Waals surface area contributed by atoms with Crippen molar-refractivity contribution < 1.29 is 4.42 Å². The Morgan fingerprint density at radius 2 is 1.68 bits per heavy atom. The van der Waals surface area contributed by atoms with E-state index in [1.807, 2.05) is 48.5 Å². The minimum atomic E-state index is 0.103. The second-order valence-electron chi connectivity index (χ2n) is 5.92. The molecule has 1 heterocycles. The van der Waals surface area contributed by atoms with Gasteiger partial charge in [0.2, 0.25) is 0 Å². The van der Waals surface area contributed by atoms with Crippen molar-refractivity contribution in [2.75, 3.05) is 0 Å².